The Hall–Kier alpha value is -2.41. The third-order valence-electron chi connectivity index (χ3n) is 4.31. The van der Waals surface area contributed by atoms with E-state index < -0.39 is 15.9 Å². The summed E-state index contributed by atoms with van der Waals surface area (Å²) in [6.07, 6.45) is 0.747. The summed E-state index contributed by atoms with van der Waals surface area (Å²) in [5, 5.41) is 0. The highest BCUT2D eigenvalue weighted by atomic mass is 32.2. The van der Waals surface area contributed by atoms with Crippen molar-refractivity contribution in [1.82, 2.24) is 4.90 Å². The van der Waals surface area contributed by atoms with Crippen LogP contribution in [0.25, 0.3) is 0 Å². The molecule has 7 heteroatoms. The van der Waals surface area contributed by atoms with Crippen molar-refractivity contribution in [1.29, 1.82) is 0 Å². The van der Waals surface area contributed by atoms with Crippen LogP contribution in [0.3, 0.4) is 0 Å². The van der Waals surface area contributed by atoms with Crippen molar-refractivity contribution in [3.63, 3.8) is 0 Å². The molecule has 2 rings (SSSR count). The number of halogens is 1. The van der Waals surface area contributed by atoms with Gasteiger partial charge in [0.1, 0.15) is 11.6 Å². The van der Waals surface area contributed by atoms with E-state index in [1.54, 1.807) is 35.2 Å². The van der Waals surface area contributed by atoms with E-state index in [0.29, 0.717) is 12.1 Å². The van der Waals surface area contributed by atoms with Crippen LogP contribution in [0.5, 0.6) is 5.75 Å². The van der Waals surface area contributed by atoms with Gasteiger partial charge in [0.05, 0.1) is 5.75 Å². The van der Waals surface area contributed by atoms with Gasteiger partial charge in [-0.25, -0.2) is 4.39 Å². The molecule has 0 aliphatic carbocycles. The van der Waals surface area contributed by atoms with Gasteiger partial charge >= 0.3 is 10.1 Å². The summed E-state index contributed by atoms with van der Waals surface area (Å²) >= 11 is 0. The lowest BCUT2D eigenvalue weighted by Crippen LogP contribution is -2.37. The number of carbonyl (C=O) groups is 1. The van der Waals surface area contributed by atoms with E-state index in [4.69, 9.17) is 4.18 Å². The Labute approximate surface area is 159 Å². The molecule has 146 valence electrons. The molecule has 1 atom stereocenters. The molecule has 0 spiro atoms. The van der Waals surface area contributed by atoms with Crippen molar-refractivity contribution < 1.29 is 21.8 Å². The highest BCUT2D eigenvalue weighted by Crippen LogP contribution is 2.19. The second kappa shape index (κ2) is 8.99. The quantitative estimate of drug-likeness (QED) is 0.636. The fourth-order valence-electron chi connectivity index (χ4n) is 2.49. The average molecular weight is 393 g/mol. The van der Waals surface area contributed by atoms with Crippen LogP contribution < -0.4 is 4.18 Å². The summed E-state index contributed by atoms with van der Waals surface area (Å²) in [4.78, 5) is 14.5. The van der Waals surface area contributed by atoms with E-state index in [1.807, 2.05) is 13.8 Å². The fraction of sp³-hybridized carbons (Fsp3) is 0.350. The fourth-order valence-corrected chi connectivity index (χ4v) is 3.01. The number of nitrogens with zero attached hydrogens (tertiary/aromatic N) is 1. The van der Waals surface area contributed by atoms with Gasteiger partial charge in [-0.15, -0.1) is 0 Å². The largest absolute Gasteiger partial charge is 0.382 e. The number of benzene rings is 2. The summed E-state index contributed by atoms with van der Waals surface area (Å²) in [7, 11) is -3.58. The van der Waals surface area contributed by atoms with E-state index in [-0.39, 0.29) is 23.5 Å². The molecule has 0 fully saturated rings. The minimum absolute atomic E-state index is 0.0443. The first-order valence-corrected chi connectivity index (χ1v) is 10.4. The SMILES string of the molecule is CCC(C)N(Cc1ccc(OS(=O)(=O)CC)cc1)C(=O)c1cccc(F)c1. The molecule has 0 aliphatic heterocycles. The number of hydrogen-bond donors (Lipinski definition) is 0. The lowest BCUT2D eigenvalue weighted by atomic mass is 10.1. The molecule has 2 aromatic rings. The monoisotopic (exact) mass is 393 g/mol. The zero-order valence-corrected chi connectivity index (χ0v) is 16.5. The summed E-state index contributed by atoms with van der Waals surface area (Å²) in [5.74, 6) is -0.591. The third kappa shape index (κ3) is 5.79. The van der Waals surface area contributed by atoms with Crippen LogP contribution in [0.2, 0.25) is 0 Å². The van der Waals surface area contributed by atoms with Crippen LogP contribution in [0.15, 0.2) is 48.5 Å². The maximum atomic E-state index is 13.5. The Balaban J connectivity index is 2.20. The van der Waals surface area contributed by atoms with Crippen molar-refractivity contribution in [2.24, 2.45) is 0 Å². The molecule has 1 amide bonds. The Kier molecular flexibility index (Phi) is 6.96. The van der Waals surface area contributed by atoms with Gasteiger partial charge in [0.25, 0.3) is 5.91 Å². The Morgan fingerprint density at radius 1 is 1.15 bits per heavy atom. The molecule has 0 aromatic heterocycles. The number of rotatable bonds is 8. The molecular formula is C20H24FNO4S. The van der Waals surface area contributed by atoms with Crippen LogP contribution in [0.4, 0.5) is 4.39 Å². The predicted molar refractivity (Wildman–Crippen MR) is 103 cm³/mol. The zero-order chi connectivity index (χ0) is 20.0. The van der Waals surface area contributed by atoms with Gasteiger partial charge in [-0.2, -0.15) is 8.42 Å². The lowest BCUT2D eigenvalue weighted by Gasteiger charge is -2.29. The van der Waals surface area contributed by atoms with Crippen LogP contribution in [-0.4, -0.2) is 31.0 Å². The van der Waals surface area contributed by atoms with Gasteiger partial charge in [0.15, 0.2) is 0 Å². The van der Waals surface area contributed by atoms with Crippen molar-refractivity contribution in [3.05, 3.63) is 65.5 Å². The van der Waals surface area contributed by atoms with Gasteiger partial charge in [-0.05, 0) is 56.2 Å². The normalized spacial score (nSPS) is 12.4. The highest BCUT2D eigenvalue weighted by Gasteiger charge is 2.21. The zero-order valence-electron chi connectivity index (χ0n) is 15.7. The average Bonchev–Trinajstić information content (AvgIpc) is 2.66. The van der Waals surface area contributed by atoms with Crippen molar-refractivity contribution in [3.8, 4) is 5.75 Å². The minimum Gasteiger partial charge on any atom is -0.382 e. The van der Waals surface area contributed by atoms with E-state index in [2.05, 4.69) is 0 Å². The van der Waals surface area contributed by atoms with Crippen LogP contribution in [0.1, 0.15) is 43.1 Å². The number of carbonyl (C=O) groups excluding carboxylic acids is 1. The second-order valence-electron chi connectivity index (χ2n) is 6.27. The molecule has 0 heterocycles. The Bertz CT molecular complexity index is 881. The summed E-state index contributed by atoms with van der Waals surface area (Å²) < 4.78 is 41.5. The molecule has 27 heavy (non-hydrogen) atoms. The van der Waals surface area contributed by atoms with Gasteiger partial charge in [0.2, 0.25) is 0 Å². The lowest BCUT2D eigenvalue weighted by molar-refractivity contribution is 0.0671. The van der Waals surface area contributed by atoms with E-state index in [1.165, 1.54) is 25.1 Å². The number of amides is 1. The van der Waals surface area contributed by atoms with E-state index >= 15 is 0 Å². The van der Waals surface area contributed by atoms with Gasteiger partial charge in [0, 0.05) is 18.2 Å². The minimum atomic E-state index is -3.58. The van der Waals surface area contributed by atoms with Crippen molar-refractivity contribution in [2.75, 3.05) is 5.75 Å². The second-order valence-corrected chi connectivity index (χ2v) is 8.13. The first-order valence-electron chi connectivity index (χ1n) is 8.83. The predicted octanol–water partition coefficient (Wildman–Crippen LogP) is 4.00. The van der Waals surface area contributed by atoms with E-state index in [9.17, 15) is 17.6 Å². The van der Waals surface area contributed by atoms with Crippen molar-refractivity contribution in [2.45, 2.75) is 39.8 Å². The molecule has 1 unspecified atom stereocenters. The molecular weight excluding hydrogens is 369 g/mol. The Morgan fingerprint density at radius 2 is 1.81 bits per heavy atom. The first kappa shape index (κ1) is 20.9. The smallest absolute Gasteiger partial charge is 0.308 e. The maximum Gasteiger partial charge on any atom is 0.308 e. The van der Waals surface area contributed by atoms with E-state index in [0.717, 1.165) is 12.0 Å². The highest BCUT2D eigenvalue weighted by molar-refractivity contribution is 7.87. The standard InChI is InChI=1S/C20H24FNO4S/c1-4-15(3)22(20(23)17-7-6-8-18(21)13-17)14-16-9-11-19(12-10-16)26-27(24,25)5-2/h6-13,15H,4-5,14H2,1-3H3. The molecule has 5 nitrogen and oxygen atoms in total. The van der Waals surface area contributed by atoms with Gasteiger partial charge < -0.3 is 9.08 Å². The number of hydrogen-bond acceptors (Lipinski definition) is 4. The molecule has 0 saturated heterocycles. The Morgan fingerprint density at radius 3 is 2.37 bits per heavy atom. The van der Waals surface area contributed by atoms with Crippen molar-refractivity contribution >= 4 is 16.0 Å². The topological polar surface area (TPSA) is 63.7 Å². The maximum absolute atomic E-state index is 13.5. The van der Waals surface area contributed by atoms with Crippen LogP contribution in [0, 0.1) is 5.82 Å². The third-order valence-corrected chi connectivity index (χ3v) is 5.46. The molecule has 2 aromatic carbocycles. The summed E-state index contributed by atoms with van der Waals surface area (Å²) in [6, 6.07) is 12.1. The molecule has 0 aliphatic rings. The van der Waals surface area contributed by atoms with Crippen LogP contribution >= 0.6 is 0 Å². The summed E-state index contributed by atoms with van der Waals surface area (Å²) in [6.45, 7) is 5.74. The molecule has 0 bridgehead atoms. The molecule has 0 radical (unpaired) electrons. The summed E-state index contributed by atoms with van der Waals surface area (Å²) in [5.41, 5.74) is 1.12. The van der Waals surface area contributed by atoms with Crippen LogP contribution in [-0.2, 0) is 16.7 Å². The molecule has 0 N–H and O–H groups in total. The first-order chi connectivity index (χ1) is 12.8. The molecule has 0 saturated carbocycles. The van der Waals surface area contributed by atoms with Gasteiger partial charge in [-0.3, -0.25) is 4.79 Å². The van der Waals surface area contributed by atoms with Gasteiger partial charge in [-0.1, -0.05) is 25.1 Å².